The zero-order chi connectivity index (χ0) is 27.7. The second-order valence-corrected chi connectivity index (χ2v) is 10.0. The molecule has 1 aliphatic rings. The Morgan fingerprint density at radius 1 is 1.00 bits per heavy atom. The van der Waals surface area contributed by atoms with Gasteiger partial charge in [0.1, 0.15) is 17.7 Å². The predicted octanol–water partition coefficient (Wildman–Crippen LogP) is 4.65. The molecule has 1 saturated heterocycles. The number of amides is 1. The van der Waals surface area contributed by atoms with Gasteiger partial charge in [-0.25, -0.2) is 4.98 Å². The average molecular weight is 522 g/mol. The van der Waals surface area contributed by atoms with E-state index >= 15 is 0 Å². The van der Waals surface area contributed by atoms with Crippen LogP contribution in [0.4, 0.5) is 5.82 Å². The number of aromatic nitrogens is 2. The lowest BCUT2D eigenvalue weighted by Gasteiger charge is -2.45. The van der Waals surface area contributed by atoms with Gasteiger partial charge >= 0.3 is 0 Å². The first-order valence-corrected chi connectivity index (χ1v) is 13.0. The third-order valence-corrected chi connectivity index (χ3v) is 7.29. The zero-order valence-corrected chi connectivity index (χ0v) is 22.5. The number of carbonyl (C=O) groups is 1. The highest BCUT2D eigenvalue weighted by Gasteiger charge is 2.34. The number of hydrogen-bond donors (Lipinski definition) is 1. The van der Waals surface area contributed by atoms with Gasteiger partial charge in [0.25, 0.3) is 5.91 Å². The second-order valence-electron chi connectivity index (χ2n) is 10.0. The molecule has 1 N–H and O–H groups in total. The van der Waals surface area contributed by atoms with Gasteiger partial charge < -0.3 is 19.6 Å². The summed E-state index contributed by atoms with van der Waals surface area (Å²) >= 11 is 0. The quantitative estimate of drug-likeness (QED) is 0.408. The van der Waals surface area contributed by atoms with Crippen LogP contribution in [0, 0.1) is 11.3 Å². The fourth-order valence-electron chi connectivity index (χ4n) is 5.47. The summed E-state index contributed by atoms with van der Waals surface area (Å²) in [5.74, 6) is 1.31. The number of benzene rings is 2. The number of para-hydroxylation sites is 1. The minimum atomic E-state index is -1.01. The molecular formula is C31H31N5O3. The van der Waals surface area contributed by atoms with Crippen molar-refractivity contribution >= 4 is 22.6 Å². The lowest BCUT2D eigenvalue weighted by molar-refractivity contribution is -0.144. The Morgan fingerprint density at radius 2 is 1.69 bits per heavy atom. The molecule has 8 heteroatoms. The summed E-state index contributed by atoms with van der Waals surface area (Å²) < 4.78 is 5.89. The summed E-state index contributed by atoms with van der Waals surface area (Å²) in [5, 5.41) is 19.8. The van der Waals surface area contributed by atoms with Gasteiger partial charge in [0.2, 0.25) is 0 Å². The van der Waals surface area contributed by atoms with Gasteiger partial charge in [-0.15, -0.1) is 0 Å². The summed E-state index contributed by atoms with van der Waals surface area (Å²) in [5.41, 5.74) is 5.10. The smallest absolute Gasteiger partial charge is 0.251 e. The standard InChI is InChI=1S/C31H31N5O3/c1-19-17-35(18-20(2)36(19)31(38)21(3)37)28-13-12-24(15-33-28)27-16-34-29-25(6-5-7-26(29)30(27)39-4)23-10-8-22(14-32)9-11-23/h5-13,15-16,19-21,37H,17-18H2,1-4H3/t19-,20?,21?/m0/s1. The minimum Gasteiger partial charge on any atom is -0.495 e. The van der Waals surface area contributed by atoms with Gasteiger partial charge in [-0.2, -0.15) is 5.26 Å². The van der Waals surface area contributed by atoms with Crippen LogP contribution in [-0.4, -0.2) is 64.3 Å². The van der Waals surface area contributed by atoms with Crippen LogP contribution in [-0.2, 0) is 4.79 Å². The molecular weight excluding hydrogens is 490 g/mol. The Balaban J connectivity index is 1.44. The van der Waals surface area contributed by atoms with E-state index in [-0.39, 0.29) is 18.0 Å². The number of anilines is 1. The number of nitriles is 1. The molecule has 0 aliphatic carbocycles. The number of nitrogens with zero attached hydrogens (tertiary/aromatic N) is 5. The molecule has 1 fully saturated rings. The van der Waals surface area contributed by atoms with Crippen molar-refractivity contribution in [1.29, 1.82) is 5.26 Å². The van der Waals surface area contributed by atoms with Gasteiger partial charge in [0.05, 0.1) is 24.3 Å². The number of rotatable bonds is 5. The van der Waals surface area contributed by atoms with Crippen molar-refractivity contribution in [3.8, 4) is 34.1 Å². The topological polar surface area (TPSA) is 103 Å². The summed E-state index contributed by atoms with van der Waals surface area (Å²) in [6.45, 7) is 6.77. The van der Waals surface area contributed by atoms with Crippen LogP contribution in [0.25, 0.3) is 33.2 Å². The number of methoxy groups -OCH3 is 1. The number of aliphatic hydroxyl groups excluding tert-OH is 1. The lowest BCUT2D eigenvalue weighted by atomic mass is 9.98. The van der Waals surface area contributed by atoms with Crippen molar-refractivity contribution in [3.05, 3.63) is 72.6 Å². The first-order chi connectivity index (χ1) is 18.8. The normalized spacial score (nSPS) is 18.1. The maximum atomic E-state index is 12.5. The largest absolute Gasteiger partial charge is 0.495 e. The summed E-state index contributed by atoms with van der Waals surface area (Å²) in [6, 6.07) is 19.5. The molecule has 0 saturated carbocycles. The van der Waals surface area contributed by atoms with E-state index in [0.717, 1.165) is 44.7 Å². The first kappa shape index (κ1) is 26.1. The van der Waals surface area contributed by atoms with Gasteiger partial charge in [0, 0.05) is 59.6 Å². The predicted molar refractivity (Wildman–Crippen MR) is 151 cm³/mol. The average Bonchev–Trinajstić information content (AvgIpc) is 2.95. The molecule has 3 heterocycles. The molecule has 39 heavy (non-hydrogen) atoms. The highest BCUT2D eigenvalue weighted by Crippen LogP contribution is 2.39. The monoisotopic (exact) mass is 521 g/mol. The van der Waals surface area contributed by atoms with Crippen molar-refractivity contribution in [2.24, 2.45) is 0 Å². The molecule has 5 rings (SSSR count). The molecule has 0 spiro atoms. The zero-order valence-electron chi connectivity index (χ0n) is 22.5. The number of pyridine rings is 2. The molecule has 3 atom stereocenters. The highest BCUT2D eigenvalue weighted by molar-refractivity contribution is 6.00. The van der Waals surface area contributed by atoms with Gasteiger partial charge in [-0.1, -0.05) is 24.3 Å². The third kappa shape index (κ3) is 4.89. The van der Waals surface area contributed by atoms with Crippen LogP contribution in [0.5, 0.6) is 5.75 Å². The van der Waals surface area contributed by atoms with Gasteiger partial charge in [-0.3, -0.25) is 9.78 Å². The number of ether oxygens (including phenoxy) is 1. The maximum Gasteiger partial charge on any atom is 0.251 e. The fourth-order valence-corrected chi connectivity index (χ4v) is 5.47. The Bertz CT molecular complexity index is 1530. The van der Waals surface area contributed by atoms with E-state index in [1.165, 1.54) is 6.92 Å². The van der Waals surface area contributed by atoms with Crippen LogP contribution >= 0.6 is 0 Å². The molecule has 0 bridgehead atoms. The molecule has 2 aromatic carbocycles. The van der Waals surface area contributed by atoms with E-state index in [1.54, 1.807) is 24.1 Å². The molecule has 4 aromatic rings. The Kier molecular flexibility index (Phi) is 7.18. The van der Waals surface area contributed by atoms with Crippen molar-refractivity contribution in [3.63, 3.8) is 0 Å². The Morgan fingerprint density at radius 3 is 2.28 bits per heavy atom. The molecule has 8 nitrogen and oxygen atoms in total. The van der Waals surface area contributed by atoms with Crippen molar-refractivity contribution in [1.82, 2.24) is 14.9 Å². The number of piperazine rings is 1. The molecule has 2 unspecified atom stereocenters. The highest BCUT2D eigenvalue weighted by atomic mass is 16.5. The number of aliphatic hydroxyl groups is 1. The summed E-state index contributed by atoms with van der Waals surface area (Å²) in [4.78, 5) is 26.0. The van der Waals surface area contributed by atoms with Crippen molar-refractivity contribution in [2.45, 2.75) is 39.0 Å². The SMILES string of the molecule is COc1c(-c2ccc(N3CC(C)N(C(=O)C(C)O)[C@@H](C)C3)nc2)cnc2c(-c3ccc(C#N)cc3)cccc12. The van der Waals surface area contributed by atoms with E-state index in [1.807, 2.05) is 68.7 Å². The van der Waals surface area contributed by atoms with Crippen molar-refractivity contribution in [2.75, 3.05) is 25.1 Å². The van der Waals surface area contributed by atoms with Crippen LogP contribution < -0.4 is 9.64 Å². The van der Waals surface area contributed by atoms with Crippen LogP contribution in [0.15, 0.2) is 67.0 Å². The lowest BCUT2D eigenvalue weighted by Crippen LogP contribution is -2.60. The molecule has 1 amide bonds. The van der Waals surface area contributed by atoms with Crippen LogP contribution in [0.3, 0.4) is 0 Å². The first-order valence-electron chi connectivity index (χ1n) is 13.0. The number of fused-ring (bicyclic) bond motifs is 1. The minimum absolute atomic E-state index is 0.0487. The third-order valence-electron chi connectivity index (χ3n) is 7.29. The summed E-state index contributed by atoms with van der Waals surface area (Å²) in [7, 11) is 1.66. The maximum absolute atomic E-state index is 12.5. The molecule has 1 aliphatic heterocycles. The van der Waals surface area contributed by atoms with E-state index in [4.69, 9.17) is 20.0 Å². The molecule has 198 valence electrons. The van der Waals surface area contributed by atoms with E-state index in [9.17, 15) is 9.90 Å². The second kappa shape index (κ2) is 10.7. The van der Waals surface area contributed by atoms with Crippen LogP contribution in [0.2, 0.25) is 0 Å². The number of hydrogen-bond acceptors (Lipinski definition) is 7. The van der Waals surface area contributed by atoms with E-state index in [0.29, 0.717) is 18.7 Å². The van der Waals surface area contributed by atoms with E-state index < -0.39 is 6.10 Å². The molecule has 2 aromatic heterocycles. The Labute approximate surface area is 228 Å². The van der Waals surface area contributed by atoms with Crippen molar-refractivity contribution < 1.29 is 14.6 Å². The van der Waals surface area contributed by atoms with E-state index in [2.05, 4.69) is 11.0 Å². The Hall–Kier alpha value is -4.48. The molecule has 0 radical (unpaired) electrons. The fraction of sp³-hybridized carbons (Fsp3) is 0.290. The van der Waals surface area contributed by atoms with Gasteiger partial charge in [-0.05, 0) is 56.7 Å². The van der Waals surface area contributed by atoms with Crippen LogP contribution in [0.1, 0.15) is 26.3 Å². The van der Waals surface area contributed by atoms with Gasteiger partial charge in [0.15, 0.2) is 0 Å². The summed E-state index contributed by atoms with van der Waals surface area (Å²) in [6.07, 6.45) is 2.63. The number of carbonyl (C=O) groups excluding carboxylic acids is 1.